The van der Waals surface area contributed by atoms with Crippen LogP contribution in [0.1, 0.15) is 21.5 Å². The molecule has 0 unspecified atom stereocenters. The van der Waals surface area contributed by atoms with Gasteiger partial charge in [0, 0.05) is 17.7 Å². The fraction of sp³-hybridized carbons (Fsp3) is 0. The van der Waals surface area contributed by atoms with Crippen molar-refractivity contribution < 1.29 is 14.5 Å². The SMILES string of the molecule is O=C1O/C(=C\c2ccccc2)c2ccc([N+](=O)[O-])cc21. The number of hydrogen-bond acceptors (Lipinski definition) is 4. The highest BCUT2D eigenvalue weighted by Crippen LogP contribution is 2.33. The van der Waals surface area contributed by atoms with E-state index in [9.17, 15) is 14.9 Å². The lowest BCUT2D eigenvalue weighted by molar-refractivity contribution is -0.384. The summed E-state index contributed by atoms with van der Waals surface area (Å²) in [6, 6.07) is 13.5. The molecule has 2 aromatic carbocycles. The maximum absolute atomic E-state index is 11.8. The maximum Gasteiger partial charge on any atom is 0.344 e. The van der Waals surface area contributed by atoms with E-state index in [4.69, 9.17) is 4.74 Å². The molecule has 3 rings (SSSR count). The van der Waals surface area contributed by atoms with Crippen LogP contribution >= 0.6 is 0 Å². The van der Waals surface area contributed by atoms with Crippen LogP contribution in [-0.4, -0.2) is 10.9 Å². The van der Waals surface area contributed by atoms with Crippen molar-refractivity contribution in [2.45, 2.75) is 0 Å². The average Bonchev–Trinajstić information content (AvgIpc) is 2.76. The second-order valence-electron chi connectivity index (χ2n) is 4.30. The zero-order valence-corrected chi connectivity index (χ0v) is 10.3. The summed E-state index contributed by atoms with van der Waals surface area (Å²) in [4.78, 5) is 21.9. The number of non-ortho nitro benzene ring substituents is 1. The van der Waals surface area contributed by atoms with Crippen LogP contribution in [0.3, 0.4) is 0 Å². The van der Waals surface area contributed by atoms with Crippen molar-refractivity contribution in [2.24, 2.45) is 0 Å². The van der Waals surface area contributed by atoms with Gasteiger partial charge in [-0.05, 0) is 17.7 Å². The second kappa shape index (κ2) is 4.62. The average molecular weight is 267 g/mol. The van der Waals surface area contributed by atoms with Gasteiger partial charge in [-0.2, -0.15) is 0 Å². The Morgan fingerprint density at radius 1 is 1.05 bits per heavy atom. The summed E-state index contributed by atoms with van der Waals surface area (Å²) in [5.74, 6) is -0.156. The topological polar surface area (TPSA) is 69.4 Å². The van der Waals surface area contributed by atoms with Crippen molar-refractivity contribution in [3.05, 3.63) is 75.3 Å². The van der Waals surface area contributed by atoms with Gasteiger partial charge in [-0.15, -0.1) is 0 Å². The van der Waals surface area contributed by atoms with Crippen molar-refractivity contribution in [3.63, 3.8) is 0 Å². The minimum absolute atomic E-state index is 0.123. The number of ether oxygens (including phenoxy) is 1. The van der Waals surface area contributed by atoms with Gasteiger partial charge < -0.3 is 4.74 Å². The number of rotatable bonds is 2. The first-order chi connectivity index (χ1) is 9.65. The molecule has 1 heterocycles. The van der Waals surface area contributed by atoms with E-state index in [1.54, 1.807) is 6.08 Å². The van der Waals surface area contributed by atoms with Gasteiger partial charge in [0.25, 0.3) is 5.69 Å². The molecule has 0 atom stereocenters. The van der Waals surface area contributed by atoms with Crippen LogP contribution in [0.15, 0.2) is 48.5 Å². The summed E-state index contributed by atoms with van der Waals surface area (Å²) in [6.45, 7) is 0. The smallest absolute Gasteiger partial charge is 0.344 e. The van der Waals surface area contributed by atoms with Crippen molar-refractivity contribution in [2.75, 3.05) is 0 Å². The fourth-order valence-corrected chi connectivity index (χ4v) is 2.05. The molecule has 0 aliphatic carbocycles. The molecular weight excluding hydrogens is 258 g/mol. The first-order valence-corrected chi connectivity index (χ1v) is 5.93. The second-order valence-corrected chi connectivity index (χ2v) is 4.30. The largest absolute Gasteiger partial charge is 0.422 e. The molecule has 2 aromatic rings. The first kappa shape index (κ1) is 12.1. The number of cyclic esters (lactones) is 1. The van der Waals surface area contributed by atoms with Crippen LogP contribution in [0, 0.1) is 10.1 Å². The Morgan fingerprint density at radius 2 is 1.80 bits per heavy atom. The predicted molar refractivity (Wildman–Crippen MR) is 72.8 cm³/mol. The fourth-order valence-electron chi connectivity index (χ4n) is 2.05. The third kappa shape index (κ3) is 2.05. The third-order valence-electron chi connectivity index (χ3n) is 3.00. The van der Waals surface area contributed by atoms with Gasteiger partial charge >= 0.3 is 5.97 Å². The van der Waals surface area contributed by atoms with Gasteiger partial charge in [0.1, 0.15) is 5.76 Å². The summed E-state index contributed by atoms with van der Waals surface area (Å²) in [5, 5.41) is 10.7. The molecule has 0 amide bonds. The Balaban J connectivity index is 2.07. The zero-order valence-electron chi connectivity index (χ0n) is 10.3. The van der Waals surface area contributed by atoms with Gasteiger partial charge in [0.15, 0.2) is 0 Å². The minimum Gasteiger partial charge on any atom is -0.422 e. The normalized spacial score (nSPS) is 15.0. The lowest BCUT2D eigenvalue weighted by atomic mass is 10.1. The molecule has 5 heteroatoms. The predicted octanol–water partition coefficient (Wildman–Crippen LogP) is 3.26. The molecule has 1 aliphatic heterocycles. The van der Waals surface area contributed by atoms with Crippen LogP contribution < -0.4 is 0 Å². The number of benzene rings is 2. The van der Waals surface area contributed by atoms with Crippen LogP contribution in [-0.2, 0) is 4.74 Å². The highest BCUT2D eigenvalue weighted by Gasteiger charge is 2.28. The number of fused-ring (bicyclic) bond motifs is 1. The van der Waals surface area contributed by atoms with Gasteiger partial charge in [-0.3, -0.25) is 10.1 Å². The van der Waals surface area contributed by atoms with Gasteiger partial charge in [0.2, 0.25) is 0 Å². The number of esters is 1. The van der Waals surface area contributed by atoms with Crippen molar-refractivity contribution in [3.8, 4) is 0 Å². The molecular formula is C15H9NO4. The van der Waals surface area contributed by atoms with Crippen LogP contribution in [0.4, 0.5) is 5.69 Å². The lowest BCUT2D eigenvalue weighted by Crippen LogP contribution is -1.95. The monoisotopic (exact) mass is 267 g/mol. The molecule has 98 valence electrons. The molecule has 0 saturated carbocycles. The van der Waals surface area contributed by atoms with Gasteiger partial charge in [-0.1, -0.05) is 30.3 Å². The Labute approximate surface area is 114 Å². The Kier molecular flexibility index (Phi) is 2.80. The Morgan fingerprint density at radius 3 is 2.50 bits per heavy atom. The van der Waals surface area contributed by atoms with E-state index >= 15 is 0 Å². The molecule has 5 nitrogen and oxygen atoms in total. The standard InChI is InChI=1S/C15H9NO4/c17-15-13-9-11(16(18)19)6-7-12(13)14(20-15)8-10-4-2-1-3-5-10/h1-9H/b14-8-. The summed E-state index contributed by atoms with van der Waals surface area (Å²) in [5.41, 5.74) is 1.56. The molecule has 0 bridgehead atoms. The Hall–Kier alpha value is -2.95. The van der Waals surface area contributed by atoms with Gasteiger partial charge in [0.05, 0.1) is 10.5 Å². The third-order valence-corrected chi connectivity index (χ3v) is 3.00. The minimum atomic E-state index is -0.564. The summed E-state index contributed by atoms with van der Waals surface area (Å²) < 4.78 is 5.17. The van der Waals surface area contributed by atoms with Crippen molar-refractivity contribution in [1.29, 1.82) is 0 Å². The summed E-state index contributed by atoms with van der Waals surface area (Å²) in [6.07, 6.45) is 1.73. The molecule has 0 aromatic heterocycles. The van der Waals surface area contributed by atoms with E-state index in [1.807, 2.05) is 30.3 Å². The van der Waals surface area contributed by atoms with Crippen molar-refractivity contribution in [1.82, 2.24) is 0 Å². The number of carbonyl (C=O) groups is 1. The number of hydrogen-bond donors (Lipinski definition) is 0. The maximum atomic E-state index is 11.8. The molecule has 0 fully saturated rings. The quantitative estimate of drug-likeness (QED) is 0.475. The highest BCUT2D eigenvalue weighted by molar-refractivity contribution is 6.06. The number of nitro groups is 1. The molecule has 0 saturated heterocycles. The van der Waals surface area contributed by atoms with Gasteiger partial charge in [-0.25, -0.2) is 4.79 Å². The van der Waals surface area contributed by atoms with E-state index in [2.05, 4.69) is 0 Å². The van der Waals surface area contributed by atoms with E-state index in [1.165, 1.54) is 18.2 Å². The molecule has 0 N–H and O–H groups in total. The number of carbonyl (C=O) groups excluding carboxylic acids is 1. The molecule has 20 heavy (non-hydrogen) atoms. The van der Waals surface area contributed by atoms with Crippen molar-refractivity contribution >= 4 is 23.5 Å². The number of nitro benzene ring substituents is 1. The van der Waals surface area contributed by atoms with Crippen LogP contribution in [0.5, 0.6) is 0 Å². The van der Waals surface area contributed by atoms with E-state index in [0.717, 1.165) is 5.56 Å². The summed E-state index contributed by atoms with van der Waals surface area (Å²) in [7, 11) is 0. The number of nitrogens with zero attached hydrogens (tertiary/aromatic N) is 1. The molecule has 0 spiro atoms. The van der Waals surface area contributed by atoms with E-state index in [0.29, 0.717) is 11.3 Å². The van der Waals surface area contributed by atoms with Crippen LogP contribution in [0.2, 0.25) is 0 Å². The summed E-state index contributed by atoms with van der Waals surface area (Å²) >= 11 is 0. The van der Waals surface area contributed by atoms with Crippen LogP contribution in [0.25, 0.3) is 11.8 Å². The molecule has 0 radical (unpaired) electrons. The lowest BCUT2D eigenvalue weighted by Gasteiger charge is -1.98. The van der Waals surface area contributed by atoms with E-state index < -0.39 is 10.9 Å². The zero-order chi connectivity index (χ0) is 14.1. The molecule has 1 aliphatic rings. The first-order valence-electron chi connectivity index (χ1n) is 5.93. The van der Waals surface area contributed by atoms with E-state index in [-0.39, 0.29) is 11.3 Å². The highest BCUT2D eigenvalue weighted by atomic mass is 16.6. The Bertz CT molecular complexity index is 735.